The Bertz CT molecular complexity index is 367. The van der Waals surface area contributed by atoms with Gasteiger partial charge in [0.25, 0.3) is 0 Å². The van der Waals surface area contributed by atoms with Gasteiger partial charge in [0.15, 0.2) is 0 Å². The first kappa shape index (κ1) is 12.1. The summed E-state index contributed by atoms with van der Waals surface area (Å²) in [7, 11) is 0. The highest BCUT2D eigenvalue weighted by Crippen LogP contribution is 2.25. The Balaban J connectivity index is 1.87. The van der Waals surface area contributed by atoms with Crippen molar-refractivity contribution in [2.75, 3.05) is 0 Å². The van der Waals surface area contributed by atoms with Crippen LogP contribution in [-0.4, -0.2) is 6.04 Å². The zero-order valence-electron chi connectivity index (χ0n) is 9.47. The molecule has 0 spiro atoms. The maximum Gasteiger partial charge on any atom is 0.137 e. The minimum atomic E-state index is -0.181. The third-order valence-electron chi connectivity index (χ3n) is 3.27. The van der Waals surface area contributed by atoms with E-state index in [4.69, 9.17) is 0 Å². The third-order valence-corrected chi connectivity index (χ3v) is 3.92. The SMILES string of the molecule is CC1CCC(NCc2ccc(Br)c(F)c2)C1. The summed E-state index contributed by atoms with van der Waals surface area (Å²) < 4.78 is 13.8. The minimum Gasteiger partial charge on any atom is -0.310 e. The van der Waals surface area contributed by atoms with E-state index in [1.807, 2.05) is 6.07 Å². The van der Waals surface area contributed by atoms with E-state index >= 15 is 0 Å². The minimum absolute atomic E-state index is 0.181. The molecule has 0 aliphatic heterocycles. The average Bonchev–Trinajstić information content (AvgIpc) is 2.66. The van der Waals surface area contributed by atoms with Crippen LogP contribution in [0.25, 0.3) is 0 Å². The fourth-order valence-electron chi connectivity index (χ4n) is 2.30. The van der Waals surface area contributed by atoms with Gasteiger partial charge in [0, 0.05) is 12.6 Å². The van der Waals surface area contributed by atoms with Crippen LogP contribution in [0.4, 0.5) is 4.39 Å². The first-order valence-corrected chi connectivity index (χ1v) is 6.62. The fraction of sp³-hybridized carbons (Fsp3) is 0.538. The molecule has 88 valence electrons. The van der Waals surface area contributed by atoms with Crippen molar-refractivity contribution in [2.24, 2.45) is 5.92 Å². The highest BCUT2D eigenvalue weighted by molar-refractivity contribution is 9.10. The molecule has 1 aliphatic carbocycles. The molecule has 1 fully saturated rings. The Morgan fingerprint density at radius 3 is 2.88 bits per heavy atom. The average molecular weight is 286 g/mol. The van der Waals surface area contributed by atoms with E-state index in [2.05, 4.69) is 28.2 Å². The lowest BCUT2D eigenvalue weighted by atomic mass is 10.1. The van der Waals surface area contributed by atoms with Crippen LogP contribution in [0.5, 0.6) is 0 Å². The lowest BCUT2D eigenvalue weighted by Gasteiger charge is -2.12. The predicted molar refractivity (Wildman–Crippen MR) is 67.7 cm³/mol. The summed E-state index contributed by atoms with van der Waals surface area (Å²) in [5.74, 6) is 0.651. The second-order valence-electron chi connectivity index (χ2n) is 4.74. The van der Waals surface area contributed by atoms with Gasteiger partial charge in [0.1, 0.15) is 5.82 Å². The van der Waals surface area contributed by atoms with Crippen LogP contribution < -0.4 is 5.32 Å². The molecule has 0 amide bonds. The van der Waals surface area contributed by atoms with E-state index in [1.165, 1.54) is 19.3 Å². The van der Waals surface area contributed by atoms with Crippen LogP contribution >= 0.6 is 15.9 Å². The van der Waals surface area contributed by atoms with Gasteiger partial charge < -0.3 is 5.32 Å². The second kappa shape index (κ2) is 5.28. The number of halogens is 2. The van der Waals surface area contributed by atoms with Gasteiger partial charge in [0.05, 0.1) is 4.47 Å². The molecule has 2 rings (SSSR count). The van der Waals surface area contributed by atoms with Crippen molar-refractivity contribution in [3.63, 3.8) is 0 Å². The van der Waals surface area contributed by atoms with Gasteiger partial charge in [0.2, 0.25) is 0 Å². The van der Waals surface area contributed by atoms with Gasteiger partial charge in [-0.1, -0.05) is 13.0 Å². The van der Waals surface area contributed by atoms with Gasteiger partial charge in [-0.05, 0) is 58.8 Å². The summed E-state index contributed by atoms with van der Waals surface area (Å²) in [5.41, 5.74) is 1.01. The molecule has 1 saturated carbocycles. The Labute approximate surface area is 105 Å². The molecule has 1 aromatic rings. The lowest BCUT2D eigenvalue weighted by molar-refractivity contribution is 0.501. The lowest BCUT2D eigenvalue weighted by Crippen LogP contribution is -2.25. The number of hydrogen-bond donors (Lipinski definition) is 1. The maximum atomic E-state index is 13.3. The van der Waals surface area contributed by atoms with Crippen molar-refractivity contribution in [1.29, 1.82) is 0 Å². The normalized spacial score (nSPS) is 24.9. The largest absolute Gasteiger partial charge is 0.310 e. The Morgan fingerprint density at radius 2 is 2.25 bits per heavy atom. The van der Waals surface area contributed by atoms with Crippen molar-refractivity contribution in [1.82, 2.24) is 5.32 Å². The first-order chi connectivity index (χ1) is 7.65. The molecule has 0 saturated heterocycles. The van der Waals surface area contributed by atoms with E-state index in [1.54, 1.807) is 12.1 Å². The second-order valence-corrected chi connectivity index (χ2v) is 5.60. The Morgan fingerprint density at radius 1 is 1.44 bits per heavy atom. The van der Waals surface area contributed by atoms with Crippen LogP contribution in [0, 0.1) is 11.7 Å². The van der Waals surface area contributed by atoms with Crippen molar-refractivity contribution in [3.05, 3.63) is 34.1 Å². The van der Waals surface area contributed by atoms with Crippen LogP contribution in [0.3, 0.4) is 0 Å². The maximum absolute atomic E-state index is 13.3. The summed E-state index contributed by atoms with van der Waals surface area (Å²) in [4.78, 5) is 0. The van der Waals surface area contributed by atoms with E-state index in [0.717, 1.165) is 18.0 Å². The van der Waals surface area contributed by atoms with Gasteiger partial charge >= 0.3 is 0 Å². The van der Waals surface area contributed by atoms with Crippen molar-refractivity contribution in [2.45, 2.75) is 38.8 Å². The summed E-state index contributed by atoms with van der Waals surface area (Å²) in [6, 6.07) is 5.93. The van der Waals surface area contributed by atoms with E-state index in [9.17, 15) is 4.39 Å². The number of nitrogens with one attached hydrogen (secondary N) is 1. The summed E-state index contributed by atoms with van der Waals surface area (Å²) >= 11 is 3.16. The van der Waals surface area contributed by atoms with Crippen molar-refractivity contribution in [3.8, 4) is 0 Å². The van der Waals surface area contributed by atoms with Gasteiger partial charge in [-0.25, -0.2) is 4.39 Å². The predicted octanol–water partition coefficient (Wildman–Crippen LogP) is 3.87. The van der Waals surface area contributed by atoms with E-state index in [0.29, 0.717) is 10.5 Å². The van der Waals surface area contributed by atoms with Crippen molar-refractivity contribution < 1.29 is 4.39 Å². The van der Waals surface area contributed by atoms with Gasteiger partial charge in [-0.2, -0.15) is 0 Å². The molecule has 1 aromatic carbocycles. The van der Waals surface area contributed by atoms with Crippen LogP contribution in [0.2, 0.25) is 0 Å². The summed E-state index contributed by atoms with van der Waals surface area (Å²) in [6.07, 6.45) is 3.81. The fourth-order valence-corrected chi connectivity index (χ4v) is 2.55. The highest BCUT2D eigenvalue weighted by atomic mass is 79.9. The molecule has 1 nitrogen and oxygen atoms in total. The van der Waals surface area contributed by atoms with Gasteiger partial charge in [-0.15, -0.1) is 0 Å². The Hall–Kier alpha value is -0.410. The highest BCUT2D eigenvalue weighted by Gasteiger charge is 2.20. The smallest absolute Gasteiger partial charge is 0.137 e. The molecule has 2 unspecified atom stereocenters. The number of benzene rings is 1. The first-order valence-electron chi connectivity index (χ1n) is 5.82. The van der Waals surface area contributed by atoms with Crippen molar-refractivity contribution >= 4 is 15.9 Å². The van der Waals surface area contributed by atoms with Gasteiger partial charge in [-0.3, -0.25) is 0 Å². The third kappa shape index (κ3) is 3.05. The van der Waals surface area contributed by atoms with Crippen LogP contribution in [0.1, 0.15) is 31.7 Å². The van der Waals surface area contributed by atoms with E-state index in [-0.39, 0.29) is 5.82 Å². The molecule has 1 N–H and O–H groups in total. The topological polar surface area (TPSA) is 12.0 Å². The molecular weight excluding hydrogens is 269 g/mol. The molecule has 3 heteroatoms. The Kier molecular flexibility index (Phi) is 3.98. The van der Waals surface area contributed by atoms with E-state index < -0.39 is 0 Å². The van der Waals surface area contributed by atoms with Crippen LogP contribution in [0.15, 0.2) is 22.7 Å². The molecule has 2 atom stereocenters. The molecular formula is C13H17BrFN. The molecule has 0 heterocycles. The van der Waals surface area contributed by atoms with Crippen LogP contribution in [-0.2, 0) is 6.54 Å². The zero-order valence-corrected chi connectivity index (χ0v) is 11.1. The molecule has 16 heavy (non-hydrogen) atoms. The summed E-state index contributed by atoms with van der Waals surface area (Å²) in [5, 5.41) is 3.49. The molecule has 0 bridgehead atoms. The summed E-state index contributed by atoms with van der Waals surface area (Å²) in [6.45, 7) is 3.06. The molecule has 0 radical (unpaired) electrons. The standard InChI is InChI=1S/C13H17BrFN/c1-9-2-4-11(6-9)16-8-10-3-5-12(14)13(15)7-10/h3,5,7,9,11,16H,2,4,6,8H2,1H3. The molecule has 0 aromatic heterocycles. The quantitative estimate of drug-likeness (QED) is 0.889. The number of rotatable bonds is 3. The monoisotopic (exact) mass is 285 g/mol. The molecule has 1 aliphatic rings. The zero-order chi connectivity index (χ0) is 11.5. The number of hydrogen-bond acceptors (Lipinski definition) is 1.